The highest BCUT2D eigenvalue weighted by Gasteiger charge is 2.36. The minimum Gasteiger partial charge on any atom is -0.496 e. The SMILES string of the molecule is CNc1c(C)c(C)c(OC)c2c1C(=O)c1ccccc1C2=O. The molecular weight excluding hydrogens is 278 g/mol. The van der Waals surface area contributed by atoms with Gasteiger partial charge in [0.1, 0.15) is 5.75 Å². The molecule has 3 rings (SSSR count). The van der Waals surface area contributed by atoms with Crippen molar-refractivity contribution >= 4 is 17.3 Å². The summed E-state index contributed by atoms with van der Waals surface area (Å²) in [5, 5.41) is 3.07. The molecule has 2 aromatic carbocycles. The summed E-state index contributed by atoms with van der Waals surface area (Å²) in [4.78, 5) is 25.8. The summed E-state index contributed by atoms with van der Waals surface area (Å²) in [5.74, 6) is 0.178. The maximum Gasteiger partial charge on any atom is 0.198 e. The Morgan fingerprint density at radius 2 is 1.45 bits per heavy atom. The number of ketones is 2. The zero-order chi connectivity index (χ0) is 16.0. The maximum absolute atomic E-state index is 12.9. The molecule has 1 aliphatic rings. The first-order valence-electron chi connectivity index (χ1n) is 7.10. The van der Waals surface area contributed by atoms with E-state index >= 15 is 0 Å². The molecule has 22 heavy (non-hydrogen) atoms. The number of benzene rings is 2. The zero-order valence-electron chi connectivity index (χ0n) is 13.0. The van der Waals surface area contributed by atoms with E-state index in [9.17, 15) is 9.59 Å². The fourth-order valence-corrected chi connectivity index (χ4v) is 3.13. The molecule has 0 saturated carbocycles. The monoisotopic (exact) mass is 295 g/mol. The summed E-state index contributed by atoms with van der Waals surface area (Å²) in [6.07, 6.45) is 0. The smallest absolute Gasteiger partial charge is 0.198 e. The van der Waals surface area contributed by atoms with E-state index in [4.69, 9.17) is 4.74 Å². The van der Waals surface area contributed by atoms with Crippen LogP contribution in [0.4, 0.5) is 5.69 Å². The molecule has 0 aliphatic heterocycles. The van der Waals surface area contributed by atoms with Crippen LogP contribution in [0.15, 0.2) is 24.3 Å². The van der Waals surface area contributed by atoms with Crippen molar-refractivity contribution < 1.29 is 14.3 Å². The molecule has 0 fully saturated rings. The second-order valence-corrected chi connectivity index (χ2v) is 5.36. The van der Waals surface area contributed by atoms with Crippen molar-refractivity contribution in [3.8, 4) is 5.75 Å². The predicted octanol–water partition coefficient (Wildman–Crippen LogP) is 3.13. The first-order valence-corrected chi connectivity index (χ1v) is 7.10. The molecule has 0 spiro atoms. The molecule has 2 aromatic rings. The maximum atomic E-state index is 12.9. The number of carbonyl (C=O) groups is 2. The molecule has 0 saturated heterocycles. The molecule has 1 aliphatic carbocycles. The lowest BCUT2D eigenvalue weighted by atomic mass is 9.80. The van der Waals surface area contributed by atoms with Gasteiger partial charge in [-0.25, -0.2) is 0 Å². The van der Waals surface area contributed by atoms with Crippen LogP contribution in [-0.4, -0.2) is 25.7 Å². The molecule has 0 bridgehead atoms. The lowest BCUT2D eigenvalue weighted by Gasteiger charge is -2.25. The summed E-state index contributed by atoms with van der Waals surface area (Å²) in [6, 6.07) is 6.92. The van der Waals surface area contributed by atoms with E-state index in [1.54, 1.807) is 31.3 Å². The molecule has 112 valence electrons. The Labute approximate surface area is 129 Å². The van der Waals surface area contributed by atoms with Gasteiger partial charge in [0.15, 0.2) is 11.6 Å². The summed E-state index contributed by atoms with van der Waals surface area (Å²) in [6.45, 7) is 3.82. The van der Waals surface area contributed by atoms with Gasteiger partial charge in [0, 0.05) is 23.9 Å². The van der Waals surface area contributed by atoms with Gasteiger partial charge < -0.3 is 10.1 Å². The van der Waals surface area contributed by atoms with Crippen LogP contribution in [0.3, 0.4) is 0 Å². The minimum absolute atomic E-state index is 0.143. The average molecular weight is 295 g/mol. The molecule has 0 aromatic heterocycles. The van der Waals surface area contributed by atoms with Crippen LogP contribution in [0.2, 0.25) is 0 Å². The number of fused-ring (bicyclic) bond motifs is 2. The molecule has 0 radical (unpaired) electrons. The summed E-state index contributed by atoms with van der Waals surface area (Å²) in [5.41, 5.74) is 4.13. The van der Waals surface area contributed by atoms with Crippen LogP contribution >= 0.6 is 0 Å². The number of rotatable bonds is 2. The average Bonchev–Trinajstić information content (AvgIpc) is 2.54. The van der Waals surface area contributed by atoms with Crippen molar-refractivity contribution in [3.63, 3.8) is 0 Å². The fourth-order valence-electron chi connectivity index (χ4n) is 3.13. The Kier molecular flexibility index (Phi) is 3.24. The van der Waals surface area contributed by atoms with E-state index < -0.39 is 0 Å². The number of hydrogen-bond acceptors (Lipinski definition) is 4. The molecule has 4 heteroatoms. The van der Waals surface area contributed by atoms with Gasteiger partial charge in [-0.3, -0.25) is 9.59 Å². The molecule has 0 amide bonds. The first-order chi connectivity index (χ1) is 10.5. The lowest BCUT2D eigenvalue weighted by molar-refractivity contribution is 0.0977. The third kappa shape index (κ3) is 1.70. The Morgan fingerprint density at radius 3 is 1.95 bits per heavy atom. The van der Waals surface area contributed by atoms with Crippen molar-refractivity contribution in [1.82, 2.24) is 0 Å². The highest BCUT2D eigenvalue weighted by molar-refractivity contribution is 6.31. The van der Waals surface area contributed by atoms with Gasteiger partial charge in [-0.05, 0) is 25.0 Å². The first kappa shape index (κ1) is 14.3. The Bertz CT molecular complexity index is 754. The van der Waals surface area contributed by atoms with Crippen LogP contribution in [0.5, 0.6) is 5.75 Å². The highest BCUT2D eigenvalue weighted by atomic mass is 16.5. The molecule has 0 atom stereocenters. The molecule has 0 heterocycles. The topological polar surface area (TPSA) is 55.4 Å². The number of nitrogens with one attached hydrogen (secondary N) is 1. The normalized spacial score (nSPS) is 12.7. The minimum atomic E-state index is -0.165. The van der Waals surface area contributed by atoms with Crippen molar-refractivity contribution in [2.75, 3.05) is 19.5 Å². The Morgan fingerprint density at radius 1 is 0.909 bits per heavy atom. The van der Waals surface area contributed by atoms with Crippen LogP contribution in [0.1, 0.15) is 43.0 Å². The highest BCUT2D eigenvalue weighted by Crippen LogP contribution is 2.41. The van der Waals surface area contributed by atoms with E-state index in [0.717, 1.165) is 11.1 Å². The molecular formula is C18H17NO3. The number of hydrogen-bond donors (Lipinski definition) is 1. The quantitative estimate of drug-likeness (QED) is 0.789. The van der Waals surface area contributed by atoms with Gasteiger partial charge in [-0.1, -0.05) is 24.3 Å². The van der Waals surface area contributed by atoms with Gasteiger partial charge in [0.05, 0.1) is 18.2 Å². The number of ether oxygens (including phenoxy) is 1. The summed E-state index contributed by atoms with van der Waals surface area (Å²) >= 11 is 0. The van der Waals surface area contributed by atoms with Crippen LogP contribution in [-0.2, 0) is 0 Å². The second-order valence-electron chi connectivity index (χ2n) is 5.36. The van der Waals surface area contributed by atoms with Gasteiger partial charge in [0.25, 0.3) is 0 Å². The zero-order valence-corrected chi connectivity index (χ0v) is 13.0. The Balaban J connectivity index is 2.46. The van der Waals surface area contributed by atoms with Crippen molar-refractivity contribution in [1.29, 1.82) is 0 Å². The largest absolute Gasteiger partial charge is 0.496 e. The number of carbonyl (C=O) groups excluding carboxylic acids is 2. The van der Waals surface area contributed by atoms with E-state index in [1.807, 2.05) is 13.8 Å². The van der Waals surface area contributed by atoms with Crippen LogP contribution < -0.4 is 10.1 Å². The molecule has 4 nitrogen and oxygen atoms in total. The van der Waals surface area contributed by atoms with Crippen molar-refractivity contribution in [2.45, 2.75) is 13.8 Å². The molecule has 0 unspecified atom stereocenters. The number of anilines is 1. The Hall–Kier alpha value is -2.62. The predicted molar refractivity (Wildman–Crippen MR) is 85.3 cm³/mol. The van der Waals surface area contributed by atoms with Gasteiger partial charge in [0.2, 0.25) is 0 Å². The number of methoxy groups -OCH3 is 1. The third-order valence-electron chi connectivity index (χ3n) is 4.33. The summed E-state index contributed by atoms with van der Waals surface area (Å²) < 4.78 is 5.46. The van der Waals surface area contributed by atoms with E-state index in [2.05, 4.69) is 5.32 Å². The van der Waals surface area contributed by atoms with E-state index in [1.165, 1.54) is 7.11 Å². The standard InChI is InChI=1S/C18H17NO3/c1-9-10(2)18(22-4)14-13(15(9)19-3)16(20)11-7-5-6-8-12(11)17(14)21/h5-8,19H,1-4H3. The third-order valence-corrected chi connectivity index (χ3v) is 4.33. The van der Waals surface area contributed by atoms with E-state index in [0.29, 0.717) is 33.7 Å². The van der Waals surface area contributed by atoms with Crippen molar-refractivity contribution in [3.05, 3.63) is 57.6 Å². The van der Waals surface area contributed by atoms with Crippen molar-refractivity contribution in [2.24, 2.45) is 0 Å². The van der Waals surface area contributed by atoms with Crippen LogP contribution in [0, 0.1) is 13.8 Å². The van der Waals surface area contributed by atoms with Gasteiger partial charge in [-0.15, -0.1) is 0 Å². The van der Waals surface area contributed by atoms with Crippen LogP contribution in [0.25, 0.3) is 0 Å². The van der Waals surface area contributed by atoms with Gasteiger partial charge in [-0.2, -0.15) is 0 Å². The van der Waals surface area contributed by atoms with E-state index in [-0.39, 0.29) is 11.6 Å². The second kappa shape index (κ2) is 4.98. The molecule has 1 N–H and O–H groups in total. The lowest BCUT2D eigenvalue weighted by Crippen LogP contribution is -2.24. The van der Waals surface area contributed by atoms with Gasteiger partial charge >= 0.3 is 0 Å². The fraction of sp³-hybridized carbons (Fsp3) is 0.222. The summed E-state index contributed by atoms with van der Waals surface area (Å²) in [7, 11) is 3.28.